The molecule has 0 fully saturated rings. The van der Waals surface area contributed by atoms with Crippen molar-refractivity contribution in [2.24, 2.45) is 20.5 Å². The summed E-state index contributed by atoms with van der Waals surface area (Å²) in [5.41, 5.74) is 6.36. The van der Waals surface area contributed by atoms with Crippen molar-refractivity contribution >= 4 is 33.5 Å². The Morgan fingerprint density at radius 1 is 0.545 bits per heavy atom. The molecule has 0 heterocycles. The first-order valence-electron chi connectivity index (χ1n) is 15.6. The summed E-state index contributed by atoms with van der Waals surface area (Å²) in [6.07, 6.45) is 7.09. The van der Waals surface area contributed by atoms with Crippen molar-refractivity contribution in [3.63, 3.8) is 0 Å². The number of benzene rings is 5. The van der Waals surface area contributed by atoms with Crippen LogP contribution in [0, 0.1) is 0 Å². The zero-order valence-corrected chi connectivity index (χ0v) is 25.6. The highest BCUT2D eigenvalue weighted by atomic mass is 16.6. The molecule has 0 radical (unpaired) electrons. The Balaban J connectivity index is 1.23. The number of aryl methyl sites for hydroxylation is 2. The minimum Gasteiger partial charge on any atom is -0.461 e. The summed E-state index contributed by atoms with van der Waals surface area (Å²) in [7, 11) is 0. The Bertz CT molecular complexity index is 1680. The Morgan fingerprint density at radius 2 is 1.05 bits per heavy atom. The molecule has 0 bridgehead atoms. The maximum Gasteiger partial charge on any atom is 0.224 e. The third kappa shape index (κ3) is 8.45. The number of hydrogen-bond acceptors (Lipinski definition) is 6. The van der Waals surface area contributed by atoms with Gasteiger partial charge in [-0.05, 0) is 85.3 Å². The van der Waals surface area contributed by atoms with Gasteiger partial charge in [-0.3, -0.25) is 0 Å². The molecule has 0 spiro atoms. The standard InChI is InChI=1S/C38H40N4O2/c1-3-5-7-11-29-14-18-30(19-15-29)38(43)44-33-24-22-32(23-25-33)40-42-37-27-26-36(34-12-8-9-13-35(34)37)41-39-31-20-16-28(17-21-31)10-6-4-2/h8-9,12-27,38,43H,3-7,10-11H2,1-2H3. The van der Waals surface area contributed by atoms with Crippen molar-refractivity contribution in [1.82, 2.24) is 0 Å². The van der Waals surface area contributed by atoms with E-state index < -0.39 is 6.29 Å². The fourth-order valence-corrected chi connectivity index (χ4v) is 4.99. The molecule has 1 atom stereocenters. The second kappa shape index (κ2) is 15.7. The van der Waals surface area contributed by atoms with Gasteiger partial charge < -0.3 is 9.84 Å². The average molecular weight is 585 g/mol. The smallest absolute Gasteiger partial charge is 0.224 e. The van der Waals surface area contributed by atoms with Gasteiger partial charge in [-0.2, -0.15) is 10.2 Å². The topological polar surface area (TPSA) is 78.9 Å². The molecule has 6 heteroatoms. The summed E-state index contributed by atoms with van der Waals surface area (Å²) < 4.78 is 5.77. The van der Waals surface area contributed by atoms with Crippen molar-refractivity contribution in [1.29, 1.82) is 0 Å². The lowest BCUT2D eigenvalue weighted by atomic mass is 10.1. The molecule has 224 valence electrons. The fraction of sp³-hybridized carbons (Fsp3) is 0.263. The third-order valence-corrected chi connectivity index (χ3v) is 7.60. The summed E-state index contributed by atoms with van der Waals surface area (Å²) in [6, 6.07) is 35.3. The normalized spacial score (nSPS) is 12.3. The molecule has 0 amide bonds. The van der Waals surface area contributed by atoms with E-state index in [-0.39, 0.29) is 0 Å². The number of nitrogens with zero attached hydrogens (tertiary/aromatic N) is 4. The minimum atomic E-state index is -1.04. The van der Waals surface area contributed by atoms with Crippen LogP contribution in [0.4, 0.5) is 22.7 Å². The Hall–Kier alpha value is -4.68. The van der Waals surface area contributed by atoms with Gasteiger partial charge in [0.05, 0.1) is 22.7 Å². The van der Waals surface area contributed by atoms with Crippen LogP contribution in [0.1, 0.15) is 68.9 Å². The predicted molar refractivity (Wildman–Crippen MR) is 179 cm³/mol. The van der Waals surface area contributed by atoms with Gasteiger partial charge in [-0.1, -0.05) is 93.8 Å². The van der Waals surface area contributed by atoms with E-state index in [1.165, 1.54) is 43.2 Å². The molecular formula is C38H40N4O2. The van der Waals surface area contributed by atoms with E-state index in [1.807, 2.05) is 72.8 Å². The Labute approximate surface area is 260 Å². The molecule has 44 heavy (non-hydrogen) atoms. The van der Waals surface area contributed by atoms with Crippen molar-refractivity contribution in [2.45, 2.75) is 65.1 Å². The maximum absolute atomic E-state index is 10.6. The minimum absolute atomic E-state index is 0.555. The molecule has 0 aliphatic heterocycles. The van der Waals surface area contributed by atoms with Crippen LogP contribution in [0.3, 0.4) is 0 Å². The molecule has 0 aliphatic carbocycles. The number of rotatable bonds is 14. The van der Waals surface area contributed by atoms with Crippen molar-refractivity contribution in [3.05, 3.63) is 126 Å². The van der Waals surface area contributed by atoms with Crippen LogP contribution >= 0.6 is 0 Å². The summed E-state index contributed by atoms with van der Waals surface area (Å²) in [6.45, 7) is 4.41. The van der Waals surface area contributed by atoms with E-state index in [0.717, 1.165) is 46.2 Å². The van der Waals surface area contributed by atoms with E-state index in [2.05, 4.69) is 58.6 Å². The molecule has 0 aromatic heterocycles. The second-order valence-electron chi connectivity index (χ2n) is 11.0. The molecule has 1 unspecified atom stereocenters. The van der Waals surface area contributed by atoms with Gasteiger partial charge in [0.1, 0.15) is 5.75 Å². The Morgan fingerprint density at radius 3 is 1.59 bits per heavy atom. The highest BCUT2D eigenvalue weighted by Gasteiger charge is 2.10. The molecular weight excluding hydrogens is 544 g/mol. The molecule has 5 aromatic carbocycles. The van der Waals surface area contributed by atoms with Crippen LogP contribution < -0.4 is 4.74 Å². The molecule has 5 rings (SSSR count). The zero-order chi connectivity index (χ0) is 30.6. The van der Waals surface area contributed by atoms with Gasteiger partial charge in [0, 0.05) is 16.3 Å². The molecule has 5 aromatic rings. The quantitative estimate of drug-likeness (QED) is 0.0800. The number of azo groups is 2. The monoisotopic (exact) mass is 584 g/mol. The molecule has 0 aliphatic rings. The first-order chi connectivity index (χ1) is 21.6. The number of hydrogen-bond donors (Lipinski definition) is 1. The summed E-state index contributed by atoms with van der Waals surface area (Å²) in [5.74, 6) is 0.555. The number of aliphatic hydroxyl groups excluding tert-OH is 1. The van der Waals surface area contributed by atoms with Crippen molar-refractivity contribution in [3.8, 4) is 5.75 Å². The number of aliphatic hydroxyl groups is 1. The zero-order valence-electron chi connectivity index (χ0n) is 25.6. The first-order valence-corrected chi connectivity index (χ1v) is 15.6. The fourth-order valence-electron chi connectivity index (χ4n) is 4.99. The van der Waals surface area contributed by atoms with Gasteiger partial charge in [0.2, 0.25) is 6.29 Å². The predicted octanol–water partition coefficient (Wildman–Crippen LogP) is 11.8. The van der Waals surface area contributed by atoms with Crippen LogP contribution in [0.15, 0.2) is 130 Å². The van der Waals surface area contributed by atoms with Gasteiger partial charge in [0.15, 0.2) is 0 Å². The summed E-state index contributed by atoms with van der Waals surface area (Å²) >= 11 is 0. The van der Waals surface area contributed by atoms with E-state index >= 15 is 0 Å². The molecule has 0 saturated carbocycles. The first kappa shape index (κ1) is 30.8. The molecule has 6 nitrogen and oxygen atoms in total. The SMILES string of the molecule is CCCCCc1ccc(C(O)Oc2ccc(N=Nc3ccc(N=Nc4ccc(CCCC)cc4)c4ccccc34)cc2)cc1. The van der Waals surface area contributed by atoms with Crippen LogP contribution in [-0.4, -0.2) is 5.11 Å². The van der Waals surface area contributed by atoms with E-state index in [9.17, 15) is 5.11 Å². The van der Waals surface area contributed by atoms with Crippen LogP contribution in [0.2, 0.25) is 0 Å². The van der Waals surface area contributed by atoms with Crippen LogP contribution in [0.5, 0.6) is 5.75 Å². The highest BCUT2D eigenvalue weighted by molar-refractivity contribution is 5.99. The van der Waals surface area contributed by atoms with E-state index in [4.69, 9.17) is 4.74 Å². The van der Waals surface area contributed by atoms with Gasteiger partial charge in [-0.25, -0.2) is 0 Å². The highest BCUT2D eigenvalue weighted by Crippen LogP contribution is 2.35. The number of fused-ring (bicyclic) bond motifs is 1. The van der Waals surface area contributed by atoms with Crippen LogP contribution in [-0.2, 0) is 12.8 Å². The van der Waals surface area contributed by atoms with Gasteiger partial charge in [0.25, 0.3) is 0 Å². The molecule has 0 saturated heterocycles. The summed E-state index contributed by atoms with van der Waals surface area (Å²) in [4.78, 5) is 0. The van der Waals surface area contributed by atoms with Crippen molar-refractivity contribution < 1.29 is 9.84 Å². The summed E-state index contributed by atoms with van der Waals surface area (Å²) in [5, 5.41) is 30.5. The molecule has 1 N–H and O–H groups in total. The average Bonchev–Trinajstić information content (AvgIpc) is 3.07. The third-order valence-electron chi connectivity index (χ3n) is 7.60. The lowest BCUT2D eigenvalue weighted by Crippen LogP contribution is -2.06. The largest absolute Gasteiger partial charge is 0.461 e. The lowest BCUT2D eigenvalue weighted by Gasteiger charge is -2.14. The van der Waals surface area contributed by atoms with Crippen LogP contribution in [0.25, 0.3) is 10.8 Å². The van der Waals surface area contributed by atoms with E-state index in [1.54, 1.807) is 12.1 Å². The van der Waals surface area contributed by atoms with E-state index in [0.29, 0.717) is 11.4 Å². The lowest BCUT2D eigenvalue weighted by molar-refractivity contribution is -0.0194. The number of unbranched alkanes of at least 4 members (excludes halogenated alkanes) is 3. The Kier molecular flexibility index (Phi) is 11.0. The van der Waals surface area contributed by atoms with Gasteiger partial charge >= 0.3 is 0 Å². The number of ether oxygens (including phenoxy) is 1. The van der Waals surface area contributed by atoms with Crippen molar-refractivity contribution in [2.75, 3.05) is 0 Å². The van der Waals surface area contributed by atoms with Gasteiger partial charge in [-0.15, -0.1) is 10.2 Å². The maximum atomic E-state index is 10.6. The second-order valence-corrected chi connectivity index (χ2v) is 11.0.